The molecule has 0 saturated carbocycles. The molecule has 2 aliphatic rings. The highest BCUT2D eigenvalue weighted by atomic mass is 32.2. The van der Waals surface area contributed by atoms with Crippen LogP contribution in [0.25, 0.3) is 0 Å². The van der Waals surface area contributed by atoms with E-state index >= 15 is 0 Å². The quantitative estimate of drug-likeness (QED) is 0.860. The van der Waals surface area contributed by atoms with E-state index in [4.69, 9.17) is 9.47 Å². The molecule has 0 bridgehead atoms. The zero-order valence-corrected chi connectivity index (χ0v) is 13.5. The molecule has 1 unspecified atom stereocenters. The van der Waals surface area contributed by atoms with Crippen LogP contribution in [0.15, 0.2) is 41.0 Å². The number of fused-ring (bicyclic) bond motifs is 1. The summed E-state index contributed by atoms with van der Waals surface area (Å²) in [5.74, 6) is 1.65. The first-order valence-electron chi connectivity index (χ1n) is 7.19. The Morgan fingerprint density at radius 3 is 3.00 bits per heavy atom. The van der Waals surface area contributed by atoms with E-state index in [1.54, 1.807) is 0 Å². The molecule has 1 N–H and O–H groups in total. The van der Waals surface area contributed by atoms with Crippen LogP contribution >= 0.6 is 11.8 Å². The monoisotopic (exact) mass is 328 g/mol. The molecule has 0 saturated heterocycles. The lowest BCUT2D eigenvalue weighted by Gasteiger charge is -2.25. The summed E-state index contributed by atoms with van der Waals surface area (Å²) >= 11 is 1.44. The lowest BCUT2D eigenvalue weighted by atomic mass is 9.87. The molecule has 1 amide bonds. The summed E-state index contributed by atoms with van der Waals surface area (Å²) in [6.45, 7) is 5.97. The predicted molar refractivity (Wildman–Crippen MR) is 88.0 cm³/mol. The van der Waals surface area contributed by atoms with Gasteiger partial charge in [0.2, 0.25) is 12.7 Å². The second-order valence-electron chi connectivity index (χ2n) is 5.52. The number of benzene rings is 1. The van der Waals surface area contributed by atoms with Crippen molar-refractivity contribution in [3.8, 4) is 17.6 Å². The summed E-state index contributed by atoms with van der Waals surface area (Å²) < 4.78 is 10.7. The lowest BCUT2D eigenvalue weighted by molar-refractivity contribution is -0.120. The number of nitriles is 1. The van der Waals surface area contributed by atoms with E-state index in [1.165, 1.54) is 11.8 Å². The van der Waals surface area contributed by atoms with Crippen molar-refractivity contribution in [2.45, 2.75) is 19.3 Å². The number of allylic oxidation sites excluding steroid dienone is 1. The first-order valence-corrected chi connectivity index (χ1v) is 8.18. The zero-order valence-electron chi connectivity index (χ0n) is 12.7. The summed E-state index contributed by atoms with van der Waals surface area (Å²) in [5, 5.41) is 13.0. The number of nitrogens with zero attached hydrogens (tertiary/aromatic N) is 1. The summed E-state index contributed by atoms with van der Waals surface area (Å²) in [7, 11) is 0. The minimum Gasteiger partial charge on any atom is -0.454 e. The van der Waals surface area contributed by atoms with E-state index in [-0.39, 0.29) is 25.0 Å². The maximum Gasteiger partial charge on any atom is 0.231 e. The number of amides is 1. The van der Waals surface area contributed by atoms with Gasteiger partial charge in [0.1, 0.15) is 0 Å². The molecule has 3 rings (SSSR count). The largest absolute Gasteiger partial charge is 0.454 e. The maximum absolute atomic E-state index is 12.1. The van der Waals surface area contributed by atoms with Crippen molar-refractivity contribution in [2.75, 3.05) is 12.5 Å². The van der Waals surface area contributed by atoms with Gasteiger partial charge in [-0.2, -0.15) is 5.26 Å². The SMILES string of the molecule is C=C(C)CSC1=C(C#N)C(c2ccc3c(c2)OCO3)CC(=O)N1. The Bertz CT molecular complexity index is 749. The Labute approximate surface area is 139 Å². The molecule has 23 heavy (non-hydrogen) atoms. The van der Waals surface area contributed by atoms with Crippen LogP contribution in [0.2, 0.25) is 0 Å². The van der Waals surface area contributed by atoms with Crippen molar-refractivity contribution in [1.29, 1.82) is 5.26 Å². The van der Waals surface area contributed by atoms with E-state index in [0.717, 1.165) is 11.1 Å². The fourth-order valence-electron chi connectivity index (χ4n) is 2.54. The molecule has 1 aromatic carbocycles. The molecule has 0 fully saturated rings. The van der Waals surface area contributed by atoms with Gasteiger partial charge in [0.15, 0.2) is 11.5 Å². The highest BCUT2D eigenvalue weighted by Gasteiger charge is 2.30. The van der Waals surface area contributed by atoms with E-state index in [2.05, 4.69) is 18.0 Å². The molecular formula is C17H16N2O3S. The Balaban J connectivity index is 1.96. The molecule has 5 nitrogen and oxygen atoms in total. The molecule has 118 valence electrons. The molecule has 1 aromatic rings. The van der Waals surface area contributed by atoms with Crippen LogP contribution in [0.5, 0.6) is 11.5 Å². The molecule has 0 aliphatic carbocycles. The molecule has 0 radical (unpaired) electrons. The Hall–Kier alpha value is -2.39. The first-order chi connectivity index (χ1) is 11.1. The summed E-state index contributed by atoms with van der Waals surface area (Å²) in [6.07, 6.45) is 0.250. The Kier molecular flexibility index (Phi) is 4.30. The fourth-order valence-corrected chi connectivity index (χ4v) is 3.46. The van der Waals surface area contributed by atoms with E-state index < -0.39 is 0 Å². The molecule has 0 spiro atoms. The Morgan fingerprint density at radius 1 is 1.48 bits per heavy atom. The van der Waals surface area contributed by atoms with Crippen LogP contribution < -0.4 is 14.8 Å². The smallest absolute Gasteiger partial charge is 0.231 e. The average molecular weight is 328 g/mol. The molecule has 6 heteroatoms. The average Bonchev–Trinajstić information content (AvgIpc) is 2.99. The lowest BCUT2D eigenvalue weighted by Crippen LogP contribution is -2.31. The molecule has 1 atom stereocenters. The van der Waals surface area contributed by atoms with Gasteiger partial charge in [-0.3, -0.25) is 4.79 Å². The number of ether oxygens (including phenoxy) is 2. The molecule has 2 aliphatic heterocycles. The van der Waals surface area contributed by atoms with Crippen molar-refractivity contribution < 1.29 is 14.3 Å². The number of rotatable bonds is 4. The van der Waals surface area contributed by atoms with Crippen LogP contribution in [0.3, 0.4) is 0 Å². The van der Waals surface area contributed by atoms with Crippen LogP contribution in [-0.4, -0.2) is 18.5 Å². The van der Waals surface area contributed by atoms with Crippen LogP contribution in [0, 0.1) is 11.3 Å². The van der Waals surface area contributed by atoms with Gasteiger partial charge < -0.3 is 14.8 Å². The third kappa shape index (κ3) is 3.20. The fraction of sp³-hybridized carbons (Fsp3) is 0.294. The topological polar surface area (TPSA) is 71.3 Å². The third-order valence-corrected chi connectivity index (χ3v) is 4.87. The number of carbonyl (C=O) groups excluding carboxylic acids is 1. The van der Waals surface area contributed by atoms with E-state index in [9.17, 15) is 10.1 Å². The van der Waals surface area contributed by atoms with Crippen molar-refractivity contribution in [3.05, 3.63) is 46.5 Å². The second-order valence-corrected chi connectivity index (χ2v) is 6.50. The standard InChI is InChI=1S/C17H16N2O3S/c1-10(2)8-23-17-13(7-18)12(6-16(20)19-17)11-3-4-14-15(5-11)22-9-21-14/h3-5,12H,1,6,8-9H2,2H3,(H,19,20). The minimum atomic E-state index is -0.268. The van der Waals surface area contributed by atoms with Gasteiger partial charge in [0.05, 0.1) is 16.7 Å². The van der Waals surface area contributed by atoms with Crippen LogP contribution in [0.4, 0.5) is 0 Å². The van der Waals surface area contributed by atoms with E-state index in [0.29, 0.717) is 27.9 Å². The Morgan fingerprint density at radius 2 is 2.26 bits per heavy atom. The predicted octanol–water partition coefficient (Wildman–Crippen LogP) is 3.06. The number of thioether (sulfide) groups is 1. The van der Waals surface area contributed by atoms with E-state index in [1.807, 2.05) is 25.1 Å². The van der Waals surface area contributed by atoms with Crippen molar-refractivity contribution in [1.82, 2.24) is 5.32 Å². The highest BCUT2D eigenvalue weighted by molar-refractivity contribution is 8.03. The van der Waals surface area contributed by atoms with Crippen LogP contribution in [-0.2, 0) is 4.79 Å². The van der Waals surface area contributed by atoms with Crippen molar-refractivity contribution >= 4 is 17.7 Å². The molecule has 2 heterocycles. The van der Waals surface area contributed by atoms with Gasteiger partial charge in [-0.1, -0.05) is 18.2 Å². The van der Waals surface area contributed by atoms with Crippen molar-refractivity contribution in [2.24, 2.45) is 0 Å². The van der Waals surface area contributed by atoms with Crippen molar-refractivity contribution in [3.63, 3.8) is 0 Å². The number of hydrogen-bond acceptors (Lipinski definition) is 5. The first kappa shape index (κ1) is 15.5. The van der Waals surface area contributed by atoms with Gasteiger partial charge in [0.25, 0.3) is 0 Å². The second kappa shape index (κ2) is 6.39. The van der Waals surface area contributed by atoms with Gasteiger partial charge in [-0.15, -0.1) is 11.8 Å². The molecule has 0 aromatic heterocycles. The van der Waals surface area contributed by atoms with Gasteiger partial charge in [-0.25, -0.2) is 0 Å². The third-order valence-electron chi connectivity index (χ3n) is 3.62. The summed E-state index contributed by atoms with van der Waals surface area (Å²) in [6, 6.07) is 7.81. The number of carbonyl (C=O) groups is 1. The van der Waals surface area contributed by atoms with Gasteiger partial charge >= 0.3 is 0 Å². The summed E-state index contributed by atoms with van der Waals surface area (Å²) in [4.78, 5) is 12.1. The maximum atomic E-state index is 12.1. The van der Waals surface area contributed by atoms with Gasteiger partial charge in [-0.05, 0) is 24.6 Å². The molecular weight excluding hydrogens is 312 g/mol. The number of hydrogen-bond donors (Lipinski definition) is 1. The summed E-state index contributed by atoms with van der Waals surface area (Å²) in [5.41, 5.74) is 2.45. The normalized spacial score (nSPS) is 19.3. The van der Waals surface area contributed by atoms with Gasteiger partial charge in [0, 0.05) is 18.1 Å². The minimum absolute atomic E-state index is 0.0871. The zero-order chi connectivity index (χ0) is 16.4. The van der Waals surface area contributed by atoms with Crippen LogP contribution in [0.1, 0.15) is 24.8 Å². The number of nitrogens with one attached hydrogen (secondary N) is 1. The highest BCUT2D eigenvalue weighted by Crippen LogP contribution is 2.40.